The zero-order valence-electron chi connectivity index (χ0n) is 11.0. The molecule has 1 aromatic carbocycles. The average molecular weight is 257 g/mol. The molecule has 0 aromatic heterocycles. The lowest BCUT2D eigenvalue weighted by atomic mass is 9.94. The van der Waals surface area contributed by atoms with E-state index in [0.717, 1.165) is 31.2 Å². The van der Waals surface area contributed by atoms with E-state index in [0.29, 0.717) is 18.5 Å². The van der Waals surface area contributed by atoms with Crippen molar-refractivity contribution in [2.75, 3.05) is 0 Å². The minimum atomic E-state index is -0.307. The van der Waals surface area contributed by atoms with Gasteiger partial charge in [0, 0.05) is 18.5 Å². The molecule has 0 radical (unpaired) electrons. The summed E-state index contributed by atoms with van der Waals surface area (Å²) in [7, 11) is 0. The Balaban J connectivity index is 1.84. The van der Waals surface area contributed by atoms with Gasteiger partial charge in [0.2, 0.25) is 5.91 Å². The minimum absolute atomic E-state index is 0.00763. The first-order chi connectivity index (χ1) is 9.11. The molecule has 0 unspecified atom stereocenters. The molecule has 100 valence electrons. The number of carbonyl (C=O) groups excluding carboxylic acids is 1. The third-order valence-electron chi connectivity index (χ3n) is 3.66. The second-order valence-corrected chi connectivity index (χ2v) is 5.34. The van der Waals surface area contributed by atoms with E-state index in [1.165, 1.54) is 0 Å². The summed E-state index contributed by atoms with van der Waals surface area (Å²) in [5.41, 5.74) is 7.41. The maximum atomic E-state index is 11.9. The van der Waals surface area contributed by atoms with Gasteiger partial charge in [-0.25, -0.2) is 0 Å². The number of amides is 1. The van der Waals surface area contributed by atoms with Crippen molar-refractivity contribution >= 4 is 5.91 Å². The van der Waals surface area contributed by atoms with Crippen LogP contribution in [0.3, 0.4) is 0 Å². The number of nitrogens with one attached hydrogen (secondary N) is 1. The molecule has 1 aromatic rings. The van der Waals surface area contributed by atoms with Gasteiger partial charge in [-0.05, 0) is 30.5 Å². The fourth-order valence-corrected chi connectivity index (χ4v) is 2.59. The van der Waals surface area contributed by atoms with Crippen molar-refractivity contribution in [2.45, 2.75) is 44.2 Å². The Kier molecular flexibility index (Phi) is 4.18. The summed E-state index contributed by atoms with van der Waals surface area (Å²) < 4.78 is 0. The first-order valence-electron chi connectivity index (χ1n) is 6.66. The van der Waals surface area contributed by atoms with E-state index in [1.54, 1.807) is 12.1 Å². The Bertz CT molecular complexity index is 498. The topological polar surface area (TPSA) is 78.9 Å². The third-order valence-corrected chi connectivity index (χ3v) is 3.66. The molecule has 1 saturated carbocycles. The number of hydrogen-bond acceptors (Lipinski definition) is 3. The lowest BCUT2D eigenvalue weighted by Crippen LogP contribution is -2.42. The Morgan fingerprint density at radius 1 is 1.42 bits per heavy atom. The highest BCUT2D eigenvalue weighted by atomic mass is 16.1. The SMILES string of the molecule is N#Cc1cccc(CNC(=O)CC2(N)CCCC2)c1. The predicted octanol–water partition coefficient (Wildman–Crippen LogP) is 1.84. The van der Waals surface area contributed by atoms with Crippen LogP contribution in [-0.4, -0.2) is 11.4 Å². The fourth-order valence-electron chi connectivity index (χ4n) is 2.59. The molecule has 1 fully saturated rings. The van der Waals surface area contributed by atoms with Crippen LogP contribution in [0.4, 0.5) is 0 Å². The highest BCUT2D eigenvalue weighted by Crippen LogP contribution is 2.29. The van der Waals surface area contributed by atoms with Crippen LogP contribution in [0.25, 0.3) is 0 Å². The molecule has 19 heavy (non-hydrogen) atoms. The van der Waals surface area contributed by atoms with Crippen molar-refractivity contribution < 1.29 is 4.79 Å². The van der Waals surface area contributed by atoms with Crippen molar-refractivity contribution in [1.29, 1.82) is 5.26 Å². The maximum absolute atomic E-state index is 11.9. The van der Waals surface area contributed by atoms with Crippen LogP contribution >= 0.6 is 0 Å². The molecule has 0 bridgehead atoms. The molecule has 0 heterocycles. The van der Waals surface area contributed by atoms with Gasteiger partial charge in [0.15, 0.2) is 0 Å². The molecule has 4 heteroatoms. The molecule has 1 amide bonds. The molecule has 2 rings (SSSR count). The lowest BCUT2D eigenvalue weighted by Gasteiger charge is -2.22. The van der Waals surface area contributed by atoms with Crippen molar-refractivity contribution in [3.8, 4) is 6.07 Å². The summed E-state index contributed by atoms with van der Waals surface area (Å²) in [4.78, 5) is 11.9. The Labute approximate surface area is 113 Å². The quantitative estimate of drug-likeness (QED) is 0.863. The van der Waals surface area contributed by atoms with Gasteiger partial charge in [-0.1, -0.05) is 25.0 Å². The third kappa shape index (κ3) is 3.80. The second-order valence-electron chi connectivity index (χ2n) is 5.34. The highest BCUT2D eigenvalue weighted by molar-refractivity contribution is 5.77. The molecule has 1 aliphatic carbocycles. The van der Waals surface area contributed by atoms with E-state index in [1.807, 2.05) is 12.1 Å². The van der Waals surface area contributed by atoms with Crippen LogP contribution < -0.4 is 11.1 Å². The summed E-state index contributed by atoms with van der Waals surface area (Å²) in [6.45, 7) is 0.449. The number of nitrogens with two attached hydrogens (primary N) is 1. The Morgan fingerprint density at radius 2 is 2.16 bits per heavy atom. The van der Waals surface area contributed by atoms with Crippen molar-refractivity contribution in [1.82, 2.24) is 5.32 Å². The molecular weight excluding hydrogens is 238 g/mol. The summed E-state index contributed by atoms with van der Waals surface area (Å²) in [5.74, 6) is -0.00763. The molecule has 0 atom stereocenters. The number of benzene rings is 1. The van der Waals surface area contributed by atoms with E-state index < -0.39 is 0 Å². The van der Waals surface area contributed by atoms with Crippen LogP contribution in [0.15, 0.2) is 24.3 Å². The van der Waals surface area contributed by atoms with E-state index in [4.69, 9.17) is 11.0 Å². The normalized spacial score (nSPS) is 16.8. The van der Waals surface area contributed by atoms with Gasteiger partial charge in [0.1, 0.15) is 0 Å². The first-order valence-corrected chi connectivity index (χ1v) is 6.66. The zero-order chi connectivity index (χ0) is 13.7. The molecule has 4 nitrogen and oxygen atoms in total. The van der Waals surface area contributed by atoms with Gasteiger partial charge in [-0.15, -0.1) is 0 Å². The van der Waals surface area contributed by atoms with Crippen molar-refractivity contribution in [2.24, 2.45) is 5.73 Å². The first kappa shape index (κ1) is 13.6. The summed E-state index contributed by atoms with van der Waals surface area (Å²) in [5, 5.41) is 11.7. The van der Waals surface area contributed by atoms with E-state index in [9.17, 15) is 4.79 Å². The zero-order valence-corrected chi connectivity index (χ0v) is 11.0. The Hall–Kier alpha value is -1.86. The number of rotatable bonds is 4. The van der Waals surface area contributed by atoms with Crippen LogP contribution in [0.5, 0.6) is 0 Å². The molecule has 0 spiro atoms. The Morgan fingerprint density at radius 3 is 2.84 bits per heavy atom. The van der Waals surface area contributed by atoms with E-state index in [-0.39, 0.29) is 11.4 Å². The predicted molar refractivity (Wildman–Crippen MR) is 73.0 cm³/mol. The molecule has 3 N–H and O–H groups in total. The van der Waals surface area contributed by atoms with Gasteiger partial charge in [0.25, 0.3) is 0 Å². The van der Waals surface area contributed by atoms with Crippen LogP contribution in [-0.2, 0) is 11.3 Å². The number of hydrogen-bond donors (Lipinski definition) is 2. The summed E-state index contributed by atoms with van der Waals surface area (Å²) >= 11 is 0. The van der Waals surface area contributed by atoms with Gasteiger partial charge in [0.05, 0.1) is 11.6 Å². The number of nitrogens with zero attached hydrogens (tertiary/aromatic N) is 1. The van der Waals surface area contributed by atoms with Crippen molar-refractivity contribution in [3.05, 3.63) is 35.4 Å². The number of nitriles is 1. The molecule has 0 aliphatic heterocycles. The molecule has 0 saturated heterocycles. The van der Waals surface area contributed by atoms with Crippen LogP contribution in [0.2, 0.25) is 0 Å². The number of carbonyl (C=O) groups is 1. The van der Waals surface area contributed by atoms with Crippen molar-refractivity contribution in [3.63, 3.8) is 0 Å². The summed E-state index contributed by atoms with van der Waals surface area (Å²) in [6.07, 6.45) is 4.50. The van der Waals surface area contributed by atoms with E-state index in [2.05, 4.69) is 11.4 Å². The van der Waals surface area contributed by atoms with Gasteiger partial charge >= 0.3 is 0 Å². The van der Waals surface area contributed by atoms with E-state index >= 15 is 0 Å². The fraction of sp³-hybridized carbons (Fsp3) is 0.467. The average Bonchev–Trinajstić information content (AvgIpc) is 2.83. The van der Waals surface area contributed by atoms with Gasteiger partial charge in [-0.2, -0.15) is 5.26 Å². The van der Waals surface area contributed by atoms with Gasteiger partial charge in [-0.3, -0.25) is 4.79 Å². The lowest BCUT2D eigenvalue weighted by molar-refractivity contribution is -0.122. The monoisotopic (exact) mass is 257 g/mol. The molecule has 1 aliphatic rings. The maximum Gasteiger partial charge on any atom is 0.222 e. The standard InChI is InChI=1S/C15H19N3O/c16-10-12-4-3-5-13(8-12)11-18-14(19)9-15(17)6-1-2-7-15/h3-5,8H,1-2,6-7,9,11,17H2,(H,18,19). The van der Waals surface area contributed by atoms with Crippen LogP contribution in [0.1, 0.15) is 43.2 Å². The summed E-state index contributed by atoms with van der Waals surface area (Å²) in [6, 6.07) is 9.34. The second kappa shape index (κ2) is 5.85. The molecular formula is C15H19N3O. The minimum Gasteiger partial charge on any atom is -0.352 e. The van der Waals surface area contributed by atoms with Crippen LogP contribution in [0, 0.1) is 11.3 Å². The highest BCUT2D eigenvalue weighted by Gasteiger charge is 2.31. The van der Waals surface area contributed by atoms with Gasteiger partial charge < -0.3 is 11.1 Å². The largest absolute Gasteiger partial charge is 0.352 e. The smallest absolute Gasteiger partial charge is 0.222 e.